The van der Waals surface area contributed by atoms with Crippen molar-refractivity contribution in [3.05, 3.63) is 84.3 Å². The number of amides is 3. The van der Waals surface area contributed by atoms with Crippen LogP contribution in [0.1, 0.15) is 27.6 Å². The van der Waals surface area contributed by atoms with Crippen molar-refractivity contribution in [1.82, 2.24) is 19.9 Å². The van der Waals surface area contributed by atoms with E-state index in [0.717, 1.165) is 11.8 Å². The number of fused-ring (bicyclic) bond motifs is 3. The summed E-state index contributed by atoms with van der Waals surface area (Å²) in [5.74, 6) is -3.08. The molecule has 5 aromatic rings. The molecule has 18 heteroatoms. The normalized spacial score (nSPS) is 18.9. The molecular formula is C31H22N8O9S. The van der Waals surface area contributed by atoms with Gasteiger partial charge in [0.1, 0.15) is 4.90 Å². The Kier molecular flexibility index (Phi) is 6.86. The summed E-state index contributed by atoms with van der Waals surface area (Å²) in [6.45, 7) is 1.22. The van der Waals surface area contributed by atoms with E-state index in [0.29, 0.717) is 5.69 Å². The Morgan fingerprint density at radius 2 is 1.78 bits per heavy atom. The molecule has 3 aliphatic rings. The number of carbonyl (C=O) groups is 4. The number of nitrogens with one attached hydrogen (secondary N) is 1. The van der Waals surface area contributed by atoms with Gasteiger partial charge in [-0.3, -0.25) is 29.1 Å². The Hall–Kier alpha value is -6.27. The van der Waals surface area contributed by atoms with Crippen molar-refractivity contribution in [3.63, 3.8) is 0 Å². The van der Waals surface area contributed by atoms with Crippen LogP contribution in [0.15, 0.2) is 87.0 Å². The number of esters is 1. The van der Waals surface area contributed by atoms with Crippen LogP contribution in [0.2, 0.25) is 0 Å². The molecule has 0 saturated carbocycles. The molecule has 0 spiro atoms. The van der Waals surface area contributed by atoms with Crippen LogP contribution in [0.3, 0.4) is 0 Å². The summed E-state index contributed by atoms with van der Waals surface area (Å²) in [5.41, 5.74) is 1.02. The Morgan fingerprint density at radius 3 is 2.49 bits per heavy atom. The van der Waals surface area contributed by atoms with E-state index in [4.69, 9.17) is 14.0 Å². The second-order valence-corrected chi connectivity index (χ2v) is 12.6. The number of carbonyl (C=O) groups excluding carboxylic acids is 4. The predicted octanol–water partition coefficient (Wildman–Crippen LogP) is 2.09. The largest absolute Gasteiger partial charge is 0.451 e. The van der Waals surface area contributed by atoms with Gasteiger partial charge in [0.05, 0.1) is 41.0 Å². The number of amidine groups is 1. The first-order valence-corrected chi connectivity index (χ1v) is 16.1. The van der Waals surface area contributed by atoms with E-state index in [9.17, 15) is 27.6 Å². The number of morpholine rings is 1. The van der Waals surface area contributed by atoms with E-state index >= 15 is 0 Å². The first-order valence-electron chi connectivity index (χ1n) is 14.7. The van der Waals surface area contributed by atoms with E-state index in [1.807, 2.05) is 0 Å². The van der Waals surface area contributed by atoms with Gasteiger partial charge in [0.15, 0.2) is 35.3 Å². The van der Waals surface area contributed by atoms with Crippen molar-refractivity contribution in [1.29, 1.82) is 0 Å². The van der Waals surface area contributed by atoms with Crippen molar-refractivity contribution < 1.29 is 41.6 Å². The maximum absolute atomic E-state index is 13.8. The molecule has 1 fully saturated rings. The lowest BCUT2D eigenvalue weighted by molar-refractivity contribution is -0.155. The van der Waals surface area contributed by atoms with Gasteiger partial charge >= 0.3 is 5.97 Å². The number of rotatable bonds is 6. The van der Waals surface area contributed by atoms with Crippen LogP contribution in [-0.2, 0) is 29.1 Å². The minimum Gasteiger partial charge on any atom is -0.451 e. The average Bonchev–Trinajstić information content (AvgIpc) is 3.80. The third-order valence-corrected chi connectivity index (χ3v) is 9.39. The molecule has 1 N–H and O–H groups in total. The highest BCUT2D eigenvalue weighted by atomic mass is 32.2. The maximum atomic E-state index is 13.8. The molecule has 8 rings (SSSR count). The number of aromatic nitrogens is 4. The maximum Gasteiger partial charge on any atom is 0.303 e. The molecule has 3 aliphatic heterocycles. The Morgan fingerprint density at radius 1 is 1.04 bits per heavy atom. The summed E-state index contributed by atoms with van der Waals surface area (Å²) < 4.78 is 49.4. The lowest BCUT2D eigenvalue weighted by Gasteiger charge is -2.35. The fourth-order valence-corrected chi connectivity index (χ4v) is 7.02. The van der Waals surface area contributed by atoms with Gasteiger partial charge in [-0.25, -0.2) is 9.58 Å². The van der Waals surface area contributed by atoms with E-state index < -0.39 is 51.8 Å². The SMILES string of the molecule is CC(=O)O[C@@H](C1=NS(=O)(=O)c2cc3c(N4C(=O)c5ccccc5C4=O)noc3cc2N1)[C@H]1OCCN(c2ccn(-c3ccncc3)n2)C1=O. The summed E-state index contributed by atoms with van der Waals surface area (Å²) >= 11 is 0. The van der Waals surface area contributed by atoms with E-state index in [1.54, 1.807) is 53.6 Å². The molecule has 6 heterocycles. The zero-order valence-electron chi connectivity index (χ0n) is 25.2. The fraction of sp³-hybridized carbons (Fsp3) is 0.161. The molecule has 49 heavy (non-hydrogen) atoms. The van der Waals surface area contributed by atoms with Crippen molar-refractivity contribution in [3.8, 4) is 5.69 Å². The summed E-state index contributed by atoms with van der Waals surface area (Å²) in [6.07, 6.45) is 1.74. The number of pyridine rings is 1. The van der Waals surface area contributed by atoms with Gasteiger partial charge < -0.3 is 19.3 Å². The van der Waals surface area contributed by atoms with E-state index in [2.05, 4.69) is 25.0 Å². The first kappa shape index (κ1) is 30.1. The highest BCUT2D eigenvalue weighted by Crippen LogP contribution is 2.39. The number of imide groups is 1. The Balaban J connectivity index is 1.12. The Bertz CT molecular complexity index is 2330. The van der Waals surface area contributed by atoms with Crippen LogP contribution >= 0.6 is 0 Å². The van der Waals surface area contributed by atoms with Crippen LogP contribution in [0, 0.1) is 0 Å². The smallest absolute Gasteiger partial charge is 0.303 e. The summed E-state index contributed by atoms with van der Waals surface area (Å²) in [4.78, 5) is 58.1. The molecule has 2 atom stereocenters. The van der Waals surface area contributed by atoms with Crippen LogP contribution in [-0.4, -0.2) is 83.2 Å². The van der Waals surface area contributed by atoms with Crippen molar-refractivity contribution in [2.45, 2.75) is 24.0 Å². The number of hydrogen-bond acceptors (Lipinski definition) is 13. The second kappa shape index (κ2) is 11.2. The molecule has 0 aliphatic carbocycles. The average molecular weight is 683 g/mol. The highest BCUT2D eigenvalue weighted by molar-refractivity contribution is 7.90. The number of ether oxygens (including phenoxy) is 2. The summed E-state index contributed by atoms with van der Waals surface area (Å²) in [7, 11) is -4.54. The van der Waals surface area contributed by atoms with E-state index in [-0.39, 0.29) is 57.5 Å². The number of sulfonamides is 1. The summed E-state index contributed by atoms with van der Waals surface area (Å²) in [6, 6.07) is 13.8. The van der Waals surface area contributed by atoms with Gasteiger partial charge in [0.2, 0.25) is 0 Å². The molecule has 2 aromatic carbocycles. The van der Waals surface area contributed by atoms with Crippen molar-refractivity contribution >= 4 is 67.8 Å². The fourth-order valence-electron chi connectivity index (χ4n) is 5.86. The third-order valence-electron chi connectivity index (χ3n) is 8.06. The molecule has 0 bridgehead atoms. The minimum atomic E-state index is -4.54. The van der Waals surface area contributed by atoms with Crippen LogP contribution in [0.4, 0.5) is 17.3 Å². The topological polar surface area (TPSA) is 208 Å². The molecule has 0 unspecified atom stereocenters. The van der Waals surface area contributed by atoms with Crippen LogP contribution in [0.5, 0.6) is 0 Å². The van der Waals surface area contributed by atoms with Crippen molar-refractivity contribution in [2.24, 2.45) is 4.40 Å². The highest BCUT2D eigenvalue weighted by Gasteiger charge is 2.45. The zero-order valence-corrected chi connectivity index (χ0v) is 26.0. The summed E-state index contributed by atoms with van der Waals surface area (Å²) in [5, 5.41) is 11.3. The molecule has 0 radical (unpaired) electrons. The van der Waals surface area contributed by atoms with Gasteiger partial charge in [-0.05, 0) is 30.3 Å². The second-order valence-electron chi connectivity index (χ2n) is 11.1. The first-order chi connectivity index (χ1) is 23.6. The predicted molar refractivity (Wildman–Crippen MR) is 169 cm³/mol. The molecule has 1 saturated heterocycles. The molecular weight excluding hydrogens is 660 g/mol. The molecule has 3 amide bonds. The van der Waals surface area contributed by atoms with E-state index in [1.165, 1.54) is 29.2 Å². The van der Waals surface area contributed by atoms with Gasteiger partial charge in [-0.1, -0.05) is 17.3 Å². The molecule has 3 aromatic heterocycles. The van der Waals surface area contributed by atoms with Crippen LogP contribution in [0.25, 0.3) is 16.7 Å². The van der Waals surface area contributed by atoms with Gasteiger partial charge in [-0.15, -0.1) is 9.50 Å². The number of hydrogen-bond donors (Lipinski definition) is 1. The Labute approximate surface area is 275 Å². The third kappa shape index (κ3) is 4.92. The van der Waals surface area contributed by atoms with Gasteiger partial charge in [-0.2, -0.15) is 8.42 Å². The van der Waals surface area contributed by atoms with Crippen LogP contribution < -0.4 is 15.1 Å². The van der Waals surface area contributed by atoms with Gasteiger partial charge in [0.25, 0.3) is 27.7 Å². The lowest BCUT2D eigenvalue weighted by atomic mass is 10.1. The monoisotopic (exact) mass is 682 g/mol. The van der Waals surface area contributed by atoms with Gasteiger partial charge in [0, 0.05) is 37.6 Å². The minimum absolute atomic E-state index is 0.00613. The molecule has 17 nitrogen and oxygen atoms in total. The standard InChI is InChI=1S/C31H22N8O9S/c1-16(40)47-25(26-31(43)37(12-13-46-26)24-8-11-38(34-24)17-6-9-32-10-7-17)27-33-21-15-22-20(14-23(21)49(44,45)36-27)28(35-48-22)39-29(41)18-4-2-3-5-19(18)30(39)42/h2-11,14-15,25-26H,12-13H2,1H3,(H,33,36)/t25-,26-/m1/s1. The quantitative estimate of drug-likeness (QED) is 0.201. The zero-order chi connectivity index (χ0) is 34.0. The molecule has 246 valence electrons. The number of benzene rings is 2. The van der Waals surface area contributed by atoms with Crippen molar-refractivity contribution in [2.75, 3.05) is 28.3 Å². The lowest BCUT2D eigenvalue weighted by Crippen LogP contribution is -2.57. The number of anilines is 3. The number of nitrogens with zero attached hydrogens (tertiary/aromatic N) is 7.